The molecule has 2 aliphatic rings. The summed E-state index contributed by atoms with van der Waals surface area (Å²) < 4.78 is 53.2. The van der Waals surface area contributed by atoms with E-state index in [4.69, 9.17) is 5.11 Å². The van der Waals surface area contributed by atoms with E-state index >= 15 is 0 Å². The monoisotopic (exact) mass is 317 g/mol. The Bertz CT molecular complexity index is 640. The minimum absolute atomic E-state index is 0.0845. The van der Waals surface area contributed by atoms with Gasteiger partial charge in [-0.05, 0) is 11.8 Å². The van der Waals surface area contributed by atoms with Gasteiger partial charge >= 0.3 is 5.97 Å². The number of fused-ring (bicyclic) bond motifs is 1. The SMILES string of the molecule is O=C(O)C1[C@H]2CN(C(=O)Cc3c(F)c(F)cc(F)c3F)C[C@@H]12. The third kappa shape index (κ3) is 2.22. The number of hydrogen-bond acceptors (Lipinski definition) is 2. The Morgan fingerprint density at radius 3 is 2.05 bits per heavy atom. The topological polar surface area (TPSA) is 57.6 Å². The number of halogens is 4. The molecule has 2 fully saturated rings. The lowest BCUT2D eigenvalue weighted by Gasteiger charge is -2.19. The van der Waals surface area contributed by atoms with E-state index in [1.807, 2.05) is 0 Å². The summed E-state index contributed by atoms with van der Waals surface area (Å²) in [5, 5.41) is 8.87. The van der Waals surface area contributed by atoms with Gasteiger partial charge < -0.3 is 10.0 Å². The second-order valence-electron chi connectivity index (χ2n) is 5.61. The van der Waals surface area contributed by atoms with Crippen molar-refractivity contribution in [3.05, 3.63) is 34.9 Å². The maximum Gasteiger partial charge on any atom is 0.307 e. The summed E-state index contributed by atoms with van der Waals surface area (Å²) >= 11 is 0. The van der Waals surface area contributed by atoms with Gasteiger partial charge in [-0.25, -0.2) is 17.6 Å². The van der Waals surface area contributed by atoms with Crippen LogP contribution in [0.1, 0.15) is 5.56 Å². The maximum atomic E-state index is 13.5. The van der Waals surface area contributed by atoms with Crippen LogP contribution in [0.25, 0.3) is 0 Å². The zero-order valence-corrected chi connectivity index (χ0v) is 11.2. The molecule has 0 bridgehead atoms. The summed E-state index contributed by atoms with van der Waals surface area (Å²) in [5.74, 6) is -8.68. The van der Waals surface area contributed by atoms with E-state index in [0.717, 1.165) is 0 Å². The number of nitrogens with zero attached hydrogens (tertiary/aromatic N) is 1. The number of rotatable bonds is 3. The van der Waals surface area contributed by atoms with Crippen LogP contribution in [0.15, 0.2) is 6.07 Å². The van der Waals surface area contributed by atoms with Gasteiger partial charge in [-0.1, -0.05) is 0 Å². The van der Waals surface area contributed by atoms with E-state index < -0.39 is 53.0 Å². The van der Waals surface area contributed by atoms with Crippen LogP contribution in [0, 0.1) is 41.0 Å². The Labute approximate surface area is 122 Å². The zero-order chi connectivity index (χ0) is 16.2. The molecule has 118 valence electrons. The first-order chi connectivity index (χ1) is 10.3. The average Bonchev–Trinajstić information content (AvgIpc) is 2.97. The summed E-state index contributed by atoms with van der Waals surface area (Å²) in [7, 11) is 0. The molecule has 1 aromatic carbocycles. The number of carbonyl (C=O) groups is 2. The van der Waals surface area contributed by atoms with Gasteiger partial charge in [0.1, 0.15) is 0 Å². The van der Waals surface area contributed by atoms with Crippen molar-refractivity contribution in [3.63, 3.8) is 0 Å². The highest BCUT2D eigenvalue weighted by Crippen LogP contribution is 2.51. The maximum absolute atomic E-state index is 13.5. The van der Waals surface area contributed by atoms with E-state index in [2.05, 4.69) is 0 Å². The predicted octanol–water partition coefficient (Wildman–Crippen LogP) is 1.57. The summed E-state index contributed by atoms with van der Waals surface area (Å²) in [6.45, 7) is 0.364. The molecular formula is C14H11F4NO3. The molecule has 0 aromatic heterocycles. The number of carboxylic acids is 1. The smallest absolute Gasteiger partial charge is 0.307 e. The largest absolute Gasteiger partial charge is 0.481 e. The van der Waals surface area contributed by atoms with Crippen molar-refractivity contribution >= 4 is 11.9 Å². The molecule has 1 aliphatic carbocycles. The lowest BCUT2D eigenvalue weighted by molar-refractivity contribution is -0.140. The fourth-order valence-electron chi connectivity index (χ4n) is 3.14. The van der Waals surface area contributed by atoms with E-state index in [1.54, 1.807) is 0 Å². The highest BCUT2D eigenvalue weighted by molar-refractivity contribution is 5.81. The van der Waals surface area contributed by atoms with Crippen LogP contribution in [0.3, 0.4) is 0 Å². The van der Waals surface area contributed by atoms with Crippen LogP contribution in [0.4, 0.5) is 17.6 Å². The summed E-state index contributed by atoms with van der Waals surface area (Å²) in [4.78, 5) is 24.1. The average molecular weight is 317 g/mol. The van der Waals surface area contributed by atoms with Crippen molar-refractivity contribution in [2.24, 2.45) is 17.8 Å². The number of aliphatic carboxylic acids is 1. The van der Waals surface area contributed by atoms with Crippen LogP contribution in [0.5, 0.6) is 0 Å². The number of benzene rings is 1. The van der Waals surface area contributed by atoms with Gasteiger partial charge in [-0.15, -0.1) is 0 Å². The molecule has 1 N–H and O–H groups in total. The Morgan fingerprint density at radius 1 is 1.09 bits per heavy atom. The first kappa shape index (κ1) is 14.8. The van der Waals surface area contributed by atoms with Crippen molar-refractivity contribution < 1.29 is 32.3 Å². The molecule has 0 spiro atoms. The van der Waals surface area contributed by atoms with Crippen molar-refractivity contribution in [1.29, 1.82) is 0 Å². The first-order valence-corrected chi connectivity index (χ1v) is 6.63. The van der Waals surface area contributed by atoms with Crippen LogP contribution in [-0.2, 0) is 16.0 Å². The number of piperidine rings is 1. The molecule has 0 radical (unpaired) electrons. The van der Waals surface area contributed by atoms with Crippen LogP contribution >= 0.6 is 0 Å². The zero-order valence-electron chi connectivity index (χ0n) is 11.2. The summed E-state index contributed by atoms with van der Waals surface area (Å²) in [6, 6.07) is 0.0845. The second kappa shape index (κ2) is 4.96. The molecule has 1 aliphatic heterocycles. The van der Waals surface area contributed by atoms with Crippen LogP contribution in [0.2, 0.25) is 0 Å². The van der Waals surface area contributed by atoms with Gasteiger partial charge in [0.25, 0.3) is 0 Å². The first-order valence-electron chi connectivity index (χ1n) is 6.63. The number of carboxylic acid groups (broad SMARTS) is 1. The molecule has 8 heteroatoms. The van der Waals surface area contributed by atoms with E-state index in [-0.39, 0.29) is 31.0 Å². The third-order valence-electron chi connectivity index (χ3n) is 4.36. The molecule has 1 saturated heterocycles. The van der Waals surface area contributed by atoms with Crippen LogP contribution in [-0.4, -0.2) is 35.0 Å². The van der Waals surface area contributed by atoms with Crippen molar-refractivity contribution in [2.45, 2.75) is 6.42 Å². The fraction of sp³-hybridized carbons (Fsp3) is 0.429. The quantitative estimate of drug-likeness (QED) is 0.680. The van der Waals surface area contributed by atoms with Gasteiger partial charge in [0.05, 0.1) is 12.3 Å². The minimum atomic E-state index is -1.58. The van der Waals surface area contributed by atoms with Crippen molar-refractivity contribution in [1.82, 2.24) is 4.90 Å². The van der Waals surface area contributed by atoms with Gasteiger partial charge in [-0.3, -0.25) is 9.59 Å². The van der Waals surface area contributed by atoms with Crippen molar-refractivity contribution in [2.75, 3.05) is 13.1 Å². The molecule has 3 atom stereocenters. The molecule has 1 aromatic rings. The third-order valence-corrected chi connectivity index (χ3v) is 4.36. The summed E-state index contributed by atoms with van der Waals surface area (Å²) in [6.07, 6.45) is -0.802. The second-order valence-corrected chi connectivity index (χ2v) is 5.61. The molecule has 1 saturated carbocycles. The van der Waals surface area contributed by atoms with Crippen LogP contribution < -0.4 is 0 Å². The van der Waals surface area contributed by atoms with E-state index in [9.17, 15) is 27.2 Å². The standard InChI is InChI=1S/C14H11F4NO3/c15-8-2-9(16)13(18)5(12(8)17)1-10(20)19-3-6-7(4-19)11(6)14(21)22/h2,6-7,11H,1,3-4H2,(H,21,22)/t6-,7+,11?. The predicted molar refractivity (Wildman–Crippen MR) is 64.7 cm³/mol. The molecular weight excluding hydrogens is 306 g/mol. The number of likely N-dealkylation sites (tertiary alicyclic amines) is 1. The van der Waals surface area contributed by atoms with Crippen molar-refractivity contribution in [3.8, 4) is 0 Å². The Hall–Kier alpha value is -2.12. The van der Waals surface area contributed by atoms with Gasteiger partial charge in [0.2, 0.25) is 5.91 Å². The Kier molecular flexibility index (Phi) is 3.34. The number of hydrogen-bond donors (Lipinski definition) is 1. The molecule has 1 heterocycles. The van der Waals surface area contributed by atoms with Gasteiger partial charge in [-0.2, -0.15) is 0 Å². The molecule has 1 amide bonds. The van der Waals surface area contributed by atoms with E-state index in [1.165, 1.54) is 4.90 Å². The molecule has 1 unspecified atom stereocenters. The molecule has 4 nitrogen and oxygen atoms in total. The van der Waals surface area contributed by atoms with E-state index in [0.29, 0.717) is 0 Å². The Morgan fingerprint density at radius 2 is 1.59 bits per heavy atom. The molecule has 3 rings (SSSR count). The van der Waals surface area contributed by atoms with Gasteiger partial charge in [0.15, 0.2) is 23.3 Å². The summed E-state index contributed by atoms with van der Waals surface area (Å²) in [5.41, 5.74) is -0.946. The highest BCUT2D eigenvalue weighted by atomic mass is 19.2. The van der Waals surface area contributed by atoms with Gasteiger partial charge in [0, 0.05) is 24.7 Å². The number of carbonyl (C=O) groups excluding carboxylic acids is 1. The number of amides is 1. The molecule has 22 heavy (non-hydrogen) atoms. The Balaban J connectivity index is 1.71. The lowest BCUT2D eigenvalue weighted by Crippen LogP contribution is -2.34. The normalized spacial score (nSPS) is 26.0. The highest BCUT2D eigenvalue weighted by Gasteiger charge is 2.60. The lowest BCUT2D eigenvalue weighted by atomic mass is 10.1. The fourth-order valence-corrected chi connectivity index (χ4v) is 3.14. The minimum Gasteiger partial charge on any atom is -0.481 e.